The maximum absolute atomic E-state index is 12.0. The average molecular weight is 308 g/mol. The van der Waals surface area contributed by atoms with E-state index < -0.39 is 29.9 Å². The number of rotatable bonds is 7. The highest BCUT2D eigenvalue weighted by Gasteiger charge is 2.26. The van der Waals surface area contributed by atoms with Gasteiger partial charge in [-0.2, -0.15) is 0 Å². The van der Waals surface area contributed by atoms with Gasteiger partial charge in [0.2, 0.25) is 5.91 Å². The molecule has 0 fully saturated rings. The highest BCUT2D eigenvalue weighted by molar-refractivity contribution is 5.90. The van der Waals surface area contributed by atoms with Gasteiger partial charge < -0.3 is 20.5 Å². The number of esters is 2. The Balaban J connectivity index is 2.70. The minimum absolute atomic E-state index is 0.262. The third-order valence-electron chi connectivity index (χ3n) is 3.04. The first-order valence-corrected chi connectivity index (χ1v) is 6.72. The van der Waals surface area contributed by atoms with Gasteiger partial charge in [0.15, 0.2) is 0 Å². The third-order valence-corrected chi connectivity index (χ3v) is 3.04. The average Bonchev–Trinajstić information content (AvgIpc) is 2.54. The van der Waals surface area contributed by atoms with E-state index in [4.69, 9.17) is 5.73 Å². The molecule has 0 saturated heterocycles. The van der Waals surface area contributed by atoms with Crippen LogP contribution in [0.4, 0.5) is 0 Å². The van der Waals surface area contributed by atoms with Crippen LogP contribution >= 0.6 is 0 Å². The van der Waals surface area contributed by atoms with E-state index in [1.807, 2.05) is 30.3 Å². The van der Waals surface area contributed by atoms with Crippen LogP contribution in [0.15, 0.2) is 30.3 Å². The van der Waals surface area contributed by atoms with E-state index in [1.54, 1.807) is 0 Å². The van der Waals surface area contributed by atoms with Crippen LogP contribution < -0.4 is 11.1 Å². The van der Waals surface area contributed by atoms with Gasteiger partial charge in [-0.05, 0) is 5.56 Å². The number of amides is 1. The van der Waals surface area contributed by atoms with Gasteiger partial charge in [0.1, 0.15) is 6.04 Å². The van der Waals surface area contributed by atoms with E-state index in [0.717, 1.165) is 5.56 Å². The summed E-state index contributed by atoms with van der Waals surface area (Å²) in [7, 11) is 2.44. The predicted octanol–water partition coefficient (Wildman–Crippen LogP) is -0.223. The van der Waals surface area contributed by atoms with Gasteiger partial charge in [-0.1, -0.05) is 30.3 Å². The second-order valence-corrected chi connectivity index (χ2v) is 4.66. The van der Waals surface area contributed by atoms with Crippen LogP contribution in [0.1, 0.15) is 12.0 Å². The topological polar surface area (TPSA) is 108 Å². The van der Waals surface area contributed by atoms with E-state index in [0.29, 0.717) is 0 Å². The number of methoxy groups -OCH3 is 2. The van der Waals surface area contributed by atoms with Crippen LogP contribution in [0.5, 0.6) is 0 Å². The summed E-state index contributed by atoms with van der Waals surface area (Å²) in [4.78, 5) is 34.9. The molecule has 0 aromatic heterocycles. The molecule has 0 bridgehead atoms. The van der Waals surface area contributed by atoms with Crippen molar-refractivity contribution < 1.29 is 23.9 Å². The summed E-state index contributed by atoms with van der Waals surface area (Å²) in [6.07, 6.45) is 0.00571. The second kappa shape index (κ2) is 8.78. The first-order chi connectivity index (χ1) is 10.5. The number of nitrogens with two attached hydrogens (primary N) is 1. The molecule has 3 N–H and O–H groups in total. The highest BCUT2D eigenvalue weighted by atomic mass is 16.5. The molecule has 0 radical (unpaired) electrons. The van der Waals surface area contributed by atoms with Crippen molar-refractivity contribution in [2.24, 2.45) is 5.73 Å². The van der Waals surface area contributed by atoms with Gasteiger partial charge in [-0.15, -0.1) is 0 Å². The lowest BCUT2D eigenvalue weighted by atomic mass is 10.1. The number of carbonyl (C=O) groups excluding carboxylic acids is 3. The molecule has 1 amide bonds. The quantitative estimate of drug-likeness (QED) is 0.674. The van der Waals surface area contributed by atoms with E-state index in [9.17, 15) is 14.4 Å². The monoisotopic (exact) mass is 308 g/mol. The van der Waals surface area contributed by atoms with E-state index >= 15 is 0 Å². The van der Waals surface area contributed by atoms with Crippen molar-refractivity contribution in [2.45, 2.75) is 24.9 Å². The van der Waals surface area contributed by atoms with Gasteiger partial charge in [0.25, 0.3) is 0 Å². The summed E-state index contributed by atoms with van der Waals surface area (Å²) >= 11 is 0. The van der Waals surface area contributed by atoms with Crippen molar-refractivity contribution in [1.82, 2.24) is 5.32 Å². The van der Waals surface area contributed by atoms with Crippen LogP contribution in [0.25, 0.3) is 0 Å². The number of benzene rings is 1. The Morgan fingerprint density at radius 3 is 2.32 bits per heavy atom. The van der Waals surface area contributed by atoms with E-state index in [-0.39, 0.29) is 12.8 Å². The molecule has 1 aromatic rings. The molecule has 22 heavy (non-hydrogen) atoms. The summed E-state index contributed by atoms with van der Waals surface area (Å²) in [5.74, 6) is -1.79. The molecular weight excluding hydrogens is 288 g/mol. The smallest absolute Gasteiger partial charge is 0.328 e. The molecule has 0 aliphatic heterocycles. The zero-order valence-electron chi connectivity index (χ0n) is 12.6. The molecular formula is C15H20N2O5. The molecule has 7 heteroatoms. The van der Waals surface area contributed by atoms with Crippen molar-refractivity contribution in [3.8, 4) is 0 Å². The lowest BCUT2D eigenvalue weighted by Crippen LogP contribution is -2.50. The minimum Gasteiger partial charge on any atom is -0.469 e. The van der Waals surface area contributed by atoms with Gasteiger partial charge in [0.05, 0.1) is 26.7 Å². The highest BCUT2D eigenvalue weighted by Crippen LogP contribution is 2.05. The van der Waals surface area contributed by atoms with Crippen LogP contribution in [0.2, 0.25) is 0 Å². The lowest BCUT2D eigenvalue weighted by Gasteiger charge is -2.19. The van der Waals surface area contributed by atoms with Crippen molar-refractivity contribution in [3.63, 3.8) is 0 Å². The minimum atomic E-state index is -1.09. The summed E-state index contributed by atoms with van der Waals surface area (Å²) in [6.45, 7) is 0. The third kappa shape index (κ3) is 5.53. The van der Waals surface area contributed by atoms with Crippen LogP contribution in [-0.4, -0.2) is 44.1 Å². The SMILES string of the molecule is COC(=O)C[C@@H](N)C(=O)N[C@H](Cc1ccccc1)C(=O)OC. The largest absolute Gasteiger partial charge is 0.469 e. The Kier molecular flexibility index (Phi) is 7.04. The molecule has 0 unspecified atom stereocenters. The Bertz CT molecular complexity index is 518. The number of carbonyl (C=O) groups is 3. The molecule has 120 valence electrons. The van der Waals surface area contributed by atoms with Gasteiger partial charge in [-0.25, -0.2) is 4.79 Å². The van der Waals surface area contributed by atoms with Crippen LogP contribution in [0, 0.1) is 0 Å². The van der Waals surface area contributed by atoms with Crippen molar-refractivity contribution in [3.05, 3.63) is 35.9 Å². The summed E-state index contributed by atoms with van der Waals surface area (Å²) in [6, 6.07) is 7.20. The van der Waals surface area contributed by atoms with Crippen LogP contribution in [-0.2, 0) is 30.3 Å². The molecule has 0 heterocycles. The fourth-order valence-electron chi connectivity index (χ4n) is 1.82. The predicted molar refractivity (Wildman–Crippen MR) is 78.7 cm³/mol. The molecule has 0 aliphatic rings. The lowest BCUT2D eigenvalue weighted by molar-refractivity contribution is -0.145. The number of hydrogen-bond donors (Lipinski definition) is 2. The Morgan fingerprint density at radius 1 is 1.14 bits per heavy atom. The number of hydrogen-bond acceptors (Lipinski definition) is 6. The fraction of sp³-hybridized carbons (Fsp3) is 0.400. The van der Waals surface area contributed by atoms with Gasteiger partial charge >= 0.3 is 11.9 Å². The Labute approximate surface area is 128 Å². The summed E-state index contributed by atoms with van der Waals surface area (Å²) in [5, 5.41) is 2.50. The first kappa shape index (κ1) is 17.6. The molecule has 0 spiro atoms. The second-order valence-electron chi connectivity index (χ2n) is 4.66. The zero-order valence-corrected chi connectivity index (χ0v) is 12.6. The van der Waals surface area contributed by atoms with Crippen molar-refractivity contribution in [1.29, 1.82) is 0 Å². The molecule has 0 saturated carbocycles. The van der Waals surface area contributed by atoms with Crippen LogP contribution in [0.3, 0.4) is 0 Å². The summed E-state index contributed by atoms with van der Waals surface area (Å²) in [5.41, 5.74) is 6.47. The van der Waals surface area contributed by atoms with E-state index in [1.165, 1.54) is 14.2 Å². The first-order valence-electron chi connectivity index (χ1n) is 6.72. The normalized spacial score (nSPS) is 12.9. The molecule has 1 rings (SSSR count). The zero-order chi connectivity index (χ0) is 16.5. The van der Waals surface area contributed by atoms with Gasteiger partial charge in [-0.3, -0.25) is 9.59 Å². The molecule has 1 aromatic carbocycles. The van der Waals surface area contributed by atoms with Gasteiger partial charge in [0, 0.05) is 6.42 Å². The standard InChI is InChI=1S/C15H20N2O5/c1-21-13(18)9-11(16)14(19)17-12(15(20)22-2)8-10-6-4-3-5-7-10/h3-7,11-12H,8-9,16H2,1-2H3,(H,17,19)/t11-,12-/m1/s1. The molecule has 7 nitrogen and oxygen atoms in total. The maximum atomic E-state index is 12.0. The Hall–Kier alpha value is -2.41. The fourth-order valence-corrected chi connectivity index (χ4v) is 1.82. The van der Waals surface area contributed by atoms with Crippen molar-refractivity contribution >= 4 is 17.8 Å². The summed E-state index contributed by atoms with van der Waals surface area (Å²) < 4.78 is 9.13. The van der Waals surface area contributed by atoms with Crippen molar-refractivity contribution in [2.75, 3.05) is 14.2 Å². The number of ether oxygens (including phenoxy) is 2. The molecule has 0 aliphatic carbocycles. The molecule has 2 atom stereocenters. The maximum Gasteiger partial charge on any atom is 0.328 e. The van der Waals surface area contributed by atoms with E-state index in [2.05, 4.69) is 14.8 Å². The Morgan fingerprint density at radius 2 is 1.77 bits per heavy atom. The number of nitrogens with one attached hydrogen (secondary N) is 1.